The zero-order valence-corrected chi connectivity index (χ0v) is 17.0. The average molecular weight is 412 g/mol. The van der Waals surface area contributed by atoms with E-state index < -0.39 is 0 Å². The normalized spacial score (nSPS) is 10.4. The van der Waals surface area contributed by atoms with Gasteiger partial charge in [-0.3, -0.25) is 9.59 Å². The van der Waals surface area contributed by atoms with Gasteiger partial charge >= 0.3 is 0 Å². The predicted molar refractivity (Wildman–Crippen MR) is 113 cm³/mol. The van der Waals surface area contributed by atoms with E-state index in [0.29, 0.717) is 22.9 Å². The fourth-order valence-electron chi connectivity index (χ4n) is 2.78. The number of carbonyl (C=O) groups excluding carboxylic acids is 2. The Labute approximate surface area is 172 Å². The molecule has 5 nitrogen and oxygen atoms in total. The van der Waals surface area contributed by atoms with Crippen molar-refractivity contribution in [3.05, 3.63) is 71.4 Å². The molecule has 0 saturated heterocycles. The lowest BCUT2D eigenvalue weighted by Gasteiger charge is -2.19. The van der Waals surface area contributed by atoms with Crippen molar-refractivity contribution in [1.29, 1.82) is 0 Å². The van der Waals surface area contributed by atoms with Crippen LogP contribution in [0.4, 0.5) is 10.1 Å². The van der Waals surface area contributed by atoms with Crippen LogP contribution < -0.4 is 10.1 Å². The van der Waals surface area contributed by atoms with Crippen molar-refractivity contribution in [3.8, 4) is 16.2 Å². The third-order valence-corrected chi connectivity index (χ3v) is 5.42. The van der Waals surface area contributed by atoms with Crippen molar-refractivity contribution in [2.45, 2.75) is 6.92 Å². The lowest BCUT2D eigenvalue weighted by atomic mass is 10.2. The van der Waals surface area contributed by atoms with Crippen LogP contribution >= 0.6 is 11.3 Å². The van der Waals surface area contributed by atoms with Crippen molar-refractivity contribution < 1.29 is 18.7 Å². The number of hydrogen-bond donors (Lipinski definition) is 1. The maximum absolute atomic E-state index is 13.1. The zero-order chi connectivity index (χ0) is 20.8. The molecule has 0 atom stereocenters. The number of benzene rings is 2. The molecule has 150 valence electrons. The van der Waals surface area contributed by atoms with Crippen LogP contribution in [0, 0.1) is 5.82 Å². The van der Waals surface area contributed by atoms with Gasteiger partial charge in [0, 0.05) is 23.2 Å². The van der Waals surface area contributed by atoms with Gasteiger partial charge in [0.25, 0.3) is 5.91 Å². The van der Waals surface area contributed by atoms with Gasteiger partial charge in [0.05, 0.1) is 12.0 Å². The highest BCUT2D eigenvalue weighted by atomic mass is 32.1. The third-order valence-electron chi connectivity index (χ3n) is 4.30. The number of anilines is 1. The lowest BCUT2D eigenvalue weighted by Crippen LogP contribution is -2.37. The summed E-state index contributed by atoms with van der Waals surface area (Å²) in [5.74, 6) is -0.172. The maximum Gasteiger partial charge on any atom is 0.264 e. The van der Waals surface area contributed by atoms with Gasteiger partial charge in [-0.2, -0.15) is 0 Å². The van der Waals surface area contributed by atoms with Gasteiger partial charge in [-0.25, -0.2) is 4.39 Å². The number of nitrogens with zero attached hydrogens (tertiary/aromatic N) is 1. The molecule has 0 radical (unpaired) electrons. The van der Waals surface area contributed by atoms with E-state index in [-0.39, 0.29) is 24.2 Å². The molecule has 2 aromatic carbocycles. The Hall–Kier alpha value is -3.19. The lowest BCUT2D eigenvalue weighted by molar-refractivity contribution is -0.116. The van der Waals surface area contributed by atoms with Crippen LogP contribution in [0.5, 0.6) is 5.75 Å². The molecule has 1 heterocycles. The van der Waals surface area contributed by atoms with E-state index in [2.05, 4.69) is 5.32 Å². The predicted octanol–water partition coefficient (Wildman–Crippen LogP) is 4.66. The van der Waals surface area contributed by atoms with Crippen LogP contribution in [-0.4, -0.2) is 36.9 Å². The monoisotopic (exact) mass is 412 g/mol. The standard InChI is InChI=1S/C22H21FN2O3S/c1-3-25(14-21(26)24-17-5-4-6-18(13-17)28-2)22(27)20-12-11-19(29-20)15-7-9-16(23)10-8-15/h4-13H,3,14H2,1-2H3,(H,24,26). The van der Waals surface area contributed by atoms with E-state index >= 15 is 0 Å². The molecule has 3 rings (SSSR count). The van der Waals surface area contributed by atoms with Gasteiger partial charge in [-0.1, -0.05) is 18.2 Å². The van der Waals surface area contributed by atoms with Gasteiger partial charge in [0.1, 0.15) is 18.1 Å². The molecular weight excluding hydrogens is 391 g/mol. The number of amides is 2. The molecule has 2 amide bonds. The minimum atomic E-state index is -0.305. The fraction of sp³-hybridized carbons (Fsp3) is 0.182. The first-order chi connectivity index (χ1) is 14.0. The number of halogens is 1. The molecular formula is C22H21FN2O3S. The second-order valence-electron chi connectivity index (χ2n) is 6.27. The molecule has 0 fully saturated rings. The summed E-state index contributed by atoms with van der Waals surface area (Å²) < 4.78 is 18.3. The largest absolute Gasteiger partial charge is 0.497 e. The molecule has 1 N–H and O–H groups in total. The van der Waals surface area contributed by atoms with Crippen LogP contribution in [0.25, 0.3) is 10.4 Å². The first-order valence-electron chi connectivity index (χ1n) is 9.09. The van der Waals surface area contributed by atoms with Gasteiger partial charge in [0.2, 0.25) is 5.91 Å². The molecule has 0 aliphatic rings. The summed E-state index contributed by atoms with van der Waals surface area (Å²) in [5.41, 5.74) is 1.45. The number of carbonyl (C=O) groups is 2. The van der Waals surface area contributed by atoms with E-state index in [0.717, 1.165) is 10.4 Å². The van der Waals surface area contributed by atoms with Crippen molar-refractivity contribution in [2.24, 2.45) is 0 Å². The Morgan fingerprint density at radius 2 is 1.86 bits per heavy atom. The Balaban J connectivity index is 1.67. The van der Waals surface area contributed by atoms with Gasteiger partial charge < -0.3 is 15.0 Å². The van der Waals surface area contributed by atoms with E-state index in [1.807, 2.05) is 13.0 Å². The highest BCUT2D eigenvalue weighted by Gasteiger charge is 2.19. The number of rotatable bonds is 7. The first kappa shape index (κ1) is 20.5. The Morgan fingerprint density at radius 3 is 2.55 bits per heavy atom. The highest BCUT2D eigenvalue weighted by Crippen LogP contribution is 2.29. The minimum Gasteiger partial charge on any atom is -0.497 e. The van der Waals surface area contributed by atoms with Crippen molar-refractivity contribution in [2.75, 3.05) is 25.5 Å². The molecule has 7 heteroatoms. The Bertz CT molecular complexity index is 1000. The van der Waals surface area contributed by atoms with Crippen LogP contribution in [0.1, 0.15) is 16.6 Å². The number of methoxy groups -OCH3 is 1. The second-order valence-corrected chi connectivity index (χ2v) is 7.35. The molecule has 0 unspecified atom stereocenters. The number of likely N-dealkylation sites (N-methyl/N-ethyl adjacent to an activating group) is 1. The van der Waals surface area contributed by atoms with Crippen molar-refractivity contribution >= 4 is 28.8 Å². The van der Waals surface area contributed by atoms with Crippen LogP contribution in [0.3, 0.4) is 0 Å². The zero-order valence-electron chi connectivity index (χ0n) is 16.1. The maximum atomic E-state index is 13.1. The molecule has 1 aromatic heterocycles. The molecule has 0 aliphatic heterocycles. The van der Waals surface area contributed by atoms with Crippen LogP contribution in [0.2, 0.25) is 0 Å². The topological polar surface area (TPSA) is 58.6 Å². The first-order valence-corrected chi connectivity index (χ1v) is 9.90. The number of thiophene rings is 1. The number of hydrogen-bond acceptors (Lipinski definition) is 4. The smallest absolute Gasteiger partial charge is 0.264 e. The summed E-state index contributed by atoms with van der Waals surface area (Å²) in [6, 6.07) is 16.7. The quantitative estimate of drug-likeness (QED) is 0.614. The van der Waals surface area contributed by atoms with Gasteiger partial charge in [-0.05, 0) is 48.9 Å². The van der Waals surface area contributed by atoms with Crippen molar-refractivity contribution in [1.82, 2.24) is 4.90 Å². The minimum absolute atomic E-state index is 0.0592. The number of nitrogens with one attached hydrogen (secondary N) is 1. The highest BCUT2D eigenvalue weighted by molar-refractivity contribution is 7.17. The van der Waals surface area contributed by atoms with E-state index in [1.54, 1.807) is 49.6 Å². The third kappa shape index (κ3) is 5.20. The summed E-state index contributed by atoms with van der Waals surface area (Å²) in [7, 11) is 1.56. The van der Waals surface area contributed by atoms with E-state index in [4.69, 9.17) is 4.74 Å². The molecule has 0 saturated carbocycles. The molecule has 29 heavy (non-hydrogen) atoms. The van der Waals surface area contributed by atoms with Crippen LogP contribution in [-0.2, 0) is 4.79 Å². The van der Waals surface area contributed by atoms with Crippen LogP contribution in [0.15, 0.2) is 60.7 Å². The molecule has 3 aromatic rings. The summed E-state index contributed by atoms with van der Waals surface area (Å²) >= 11 is 1.32. The second kappa shape index (κ2) is 9.34. The Kier molecular flexibility index (Phi) is 6.61. The molecule has 0 aliphatic carbocycles. The van der Waals surface area contributed by atoms with E-state index in [1.165, 1.54) is 28.4 Å². The molecule has 0 spiro atoms. The summed E-state index contributed by atoms with van der Waals surface area (Å²) in [6.45, 7) is 2.16. The summed E-state index contributed by atoms with van der Waals surface area (Å²) in [6.07, 6.45) is 0. The SMILES string of the molecule is CCN(CC(=O)Nc1cccc(OC)c1)C(=O)c1ccc(-c2ccc(F)cc2)s1. The summed E-state index contributed by atoms with van der Waals surface area (Å²) in [5, 5.41) is 2.78. The van der Waals surface area contributed by atoms with Gasteiger partial charge in [0.15, 0.2) is 0 Å². The Morgan fingerprint density at radius 1 is 1.10 bits per heavy atom. The summed E-state index contributed by atoms with van der Waals surface area (Å²) in [4.78, 5) is 28.1. The van der Waals surface area contributed by atoms with E-state index in [9.17, 15) is 14.0 Å². The van der Waals surface area contributed by atoms with Gasteiger partial charge in [-0.15, -0.1) is 11.3 Å². The average Bonchev–Trinajstić information content (AvgIpc) is 3.22. The fourth-order valence-corrected chi connectivity index (χ4v) is 3.76. The molecule has 0 bridgehead atoms. The number of ether oxygens (including phenoxy) is 1. The van der Waals surface area contributed by atoms with Crippen molar-refractivity contribution in [3.63, 3.8) is 0 Å².